The van der Waals surface area contributed by atoms with E-state index in [1.807, 2.05) is 126 Å². The van der Waals surface area contributed by atoms with E-state index < -0.39 is 29.5 Å². The Morgan fingerprint density at radius 1 is 0.869 bits per heavy atom. The summed E-state index contributed by atoms with van der Waals surface area (Å²) in [6.45, 7) is 14.0. The van der Waals surface area contributed by atoms with Gasteiger partial charge in [-0.25, -0.2) is 15.0 Å². The molecule has 17 nitrogen and oxygen atoms in total. The van der Waals surface area contributed by atoms with Crippen LogP contribution in [0.25, 0.3) is 31.8 Å². The van der Waals surface area contributed by atoms with Gasteiger partial charge in [-0.1, -0.05) is 113 Å². The van der Waals surface area contributed by atoms with Gasteiger partial charge in [-0.2, -0.15) is 5.10 Å². The van der Waals surface area contributed by atoms with Gasteiger partial charge >= 0.3 is 0 Å². The van der Waals surface area contributed by atoms with Crippen LogP contribution in [0.5, 0.6) is 0 Å². The first-order valence-electron chi connectivity index (χ1n) is 29.8. The molecule has 19 heteroatoms. The van der Waals surface area contributed by atoms with Crippen molar-refractivity contribution < 1.29 is 29.1 Å². The normalized spacial score (nSPS) is 17.2. The fourth-order valence-corrected chi connectivity index (χ4v) is 13.8. The van der Waals surface area contributed by atoms with Crippen LogP contribution in [-0.2, 0) is 33.9 Å². The van der Waals surface area contributed by atoms with Gasteiger partial charge in [0.2, 0.25) is 17.7 Å². The number of hydrogen-bond donors (Lipinski definition) is 4. The third-order valence-electron chi connectivity index (χ3n) is 17.0. The predicted octanol–water partition coefficient (Wildman–Crippen LogP) is 11.1. The van der Waals surface area contributed by atoms with Gasteiger partial charge < -0.3 is 30.4 Å². The van der Waals surface area contributed by atoms with E-state index in [0.29, 0.717) is 67.0 Å². The maximum atomic E-state index is 14.8. The third kappa shape index (κ3) is 13.7. The first kappa shape index (κ1) is 59.8. The Bertz CT molecular complexity index is 3470. The first-order chi connectivity index (χ1) is 40.4. The molecule has 7 aromatic rings. The Labute approximate surface area is 500 Å². The van der Waals surface area contributed by atoms with Gasteiger partial charge in [0.1, 0.15) is 23.6 Å². The van der Waals surface area contributed by atoms with Crippen molar-refractivity contribution in [3.05, 3.63) is 130 Å². The number of rotatable bonds is 20. The van der Waals surface area contributed by atoms with Crippen LogP contribution in [0, 0.1) is 25.2 Å². The molecule has 0 spiro atoms. The Kier molecular flexibility index (Phi) is 18.7. The first-order valence-corrected chi connectivity index (χ1v) is 31.5. The largest absolute Gasteiger partial charge is 0.391 e. The van der Waals surface area contributed by atoms with Crippen LogP contribution in [0.15, 0.2) is 90.6 Å². The number of pyridine rings is 1. The zero-order valence-corrected chi connectivity index (χ0v) is 51.1. The molecule has 2 fully saturated rings. The molecule has 0 unspecified atom stereocenters. The van der Waals surface area contributed by atoms with Gasteiger partial charge in [0.05, 0.1) is 44.6 Å². The number of nitrogens with zero attached hydrogens (tertiary/aromatic N) is 8. The summed E-state index contributed by atoms with van der Waals surface area (Å²) in [4.78, 5) is 91.1. The highest BCUT2D eigenvalue weighted by molar-refractivity contribution is 7.22. The number of fused-ring (bicyclic) bond motifs is 2. The van der Waals surface area contributed by atoms with Crippen molar-refractivity contribution in [3.8, 4) is 21.6 Å². The molecule has 1 saturated carbocycles. The van der Waals surface area contributed by atoms with Crippen molar-refractivity contribution in [2.24, 2.45) is 11.3 Å². The molecule has 1 saturated heterocycles. The highest BCUT2D eigenvalue weighted by atomic mass is 32.1. The lowest BCUT2D eigenvalue weighted by Gasteiger charge is -2.35. The second kappa shape index (κ2) is 26.3. The zero-order valence-electron chi connectivity index (χ0n) is 49.5. The summed E-state index contributed by atoms with van der Waals surface area (Å²) in [7, 11) is 1.81. The molecule has 10 rings (SSSR count). The van der Waals surface area contributed by atoms with E-state index in [2.05, 4.69) is 48.5 Å². The Hall–Kier alpha value is -7.35. The fourth-order valence-electron chi connectivity index (χ4n) is 12.1. The second-order valence-electron chi connectivity index (χ2n) is 24.2. The topological polar surface area (TPSA) is 208 Å². The number of carbonyl (C=O) groups is 5. The number of aryl methyl sites for hydroxylation is 1. The van der Waals surface area contributed by atoms with E-state index in [1.165, 1.54) is 48.3 Å². The molecule has 2 aliphatic heterocycles. The maximum Gasteiger partial charge on any atom is 0.272 e. The number of aliphatic hydroxyl groups excluding tert-OH is 1. The molecule has 3 aliphatic rings. The number of anilines is 2. The van der Waals surface area contributed by atoms with Crippen molar-refractivity contribution in [1.29, 1.82) is 0 Å². The van der Waals surface area contributed by atoms with E-state index in [9.17, 15) is 29.1 Å². The number of para-hydroxylation sites is 1. The molecular weight excluding hydrogens is 1090 g/mol. The van der Waals surface area contributed by atoms with E-state index in [4.69, 9.17) is 10.1 Å². The number of unbranched alkanes of at least 4 members (excludes halogenated alkanes) is 3. The average molecular weight is 1170 g/mol. The lowest BCUT2D eigenvalue weighted by atomic mass is 9.85. The number of likely N-dealkylation sites (tertiary alicyclic amines) is 1. The highest BCUT2D eigenvalue weighted by Crippen LogP contribution is 2.35. The number of amides is 5. The molecule has 6 heterocycles. The lowest BCUT2D eigenvalue weighted by Crippen LogP contribution is -2.57. The number of carbonyl (C=O) groups excluding carboxylic acids is 5. The van der Waals surface area contributed by atoms with Crippen molar-refractivity contribution in [1.82, 2.24) is 45.2 Å². The molecular formula is C65H79N11O6S2. The van der Waals surface area contributed by atoms with Crippen LogP contribution in [0.1, 0.15) is 153 Å². The summed E-state index contributed by atoms with van der Waals surface area (Å²) in [6.07, 6.45) is 10.9. The molecule has 4 atom stereocenters. The highest BCUT2D eigenvalue weighted by Gasteiger charge is 2.45. The molecule has 5 amide bonds. The molecule has 1 aliphatic carbocycles. The van der Waals surface area contributed by atoms with Gasteiger partial charge in [0.25, 0.3) is 11.8 Å². The molecule has 0 bridgehead atoms. The van der Waals surface area contributed by atoms with Crippen molar-refractivity contribution in [2.75, 3.05) is 36.9 Å². The van der Waals surface area contributed by atoms with E-state index in [1.54, 1.807) is 16.2 Å². The molecule has 0 radical (unpaired) electrons. The van der Waals surface area contributed by atoms with Gasteiger partial charge in [-0.15, -0.1) is 11.3 Å². The summed E-state index contributed by atoms with van der Waals surface area (Å²) < 4.78 is 3.09. The number of benzene rings is 3. The molecule has 3 aromatic carbocycles. The van der Waals surface area contributed by atoms with Crippen LogP contribution in [0.4, 0.5) is 10.9 Å². The van der Waals surface area contributed by atoms with Crippen LogP contribution >= 0.6 is 22.7 Å². The summed E-state index contributed by atoms with van der Waals surface area (Å²) >= 11 is 3.02. The number of nitrogens with one attached hydrogen (secondary N) is 3. The van der Waals surface area contributed by atoms with Crippen molar-refractivity contribution >= 4 is 73.4 Å². The quantitative estimate of drug-likeness (QED) is 0.0528. The standard InChI is InChI=1S/C65H79N11O6S2/c1-40(44-25-27-46(28-26-44)58-41(2)66-39-83-58)68-61(80)53-34-47(77)37-75(53)63(82)59(65(4,5)6)71-56(78)24-13-8-9-16-32-73(7)62(81)57-48(50-35-67-76(42(50)3)36-43-18-11-10-12-19-43)29-30-55(70-57)74-33-31-45-20-17-21-49(51(45)38-74)60(79)72-64-69-52-22-14-15-23-54(52)84-64/h14-15,17,20-23,25-30,35,39-40,43,47,53,59,77H,8-13,16,18-19,24,31-34,36-38H2,1-7H3,(H,68,80)(H,71,78)(H,69,72,79)/t40-,47+,53-,59+/m0/s1. The van der Waals surface area contributed by atoms with E-state index >= 15 is 0 Å². The Balaban J connectivity index is 0.758. The monoisotopic (exact) mass is 1170 g/mol. The summed E-state index contributed by atoms with van der Waals surface area (Å²) in [5, 5.41) is 25.3. The van der Waals surface area contributed by atoms with Crippen LogP contribution in [0.3, 0.4) is 0 Å². The minimum Gasteiger partial charge on any atom is -0.391 e. The number of aliphatic hydroxyl groups is 1. The van der Waals surface area contributed by atoms with Gasteiger partial charge in [-0.05, 0) is 117 Å². The smallest absolute Gasteiger partial charge is 0.272 e. The van der Waals surface area contributed by atoms with Crippen molar-refractivity contribution in [3.63, 3.8) is 0 Å². The van der Waals surface area contributed by atoms with Crippen LogP contribution in [0.2, 0.25) is 0 Å². The zero-order chi connectivity index (χ0) is 59.2. The van der Waals surface area contributed by atoms with Crippen LogP contribution < -0.4 is 20.9 Å². The summed E-state index contributed by atoms with van der Waals surface area (Å²) in [5.74, 6) is -0.227. The predicted molar refractivity (Wildman–Crippen MR) is 332 cm³/mol. The van der Waals surface area contributed by atoms with Crippen LogP contribution in [-0.4, -0.2) is 114 Å². The third-order valence-corrected chi connectivity index (χ3v) is 19.0. The summed E-state index contributed by atoms with van der Waals surface area (Å²) in [6, 6.07) is 23.5. The number of aromatic nitrogens is 5. The minimum atomic E-state index is -0.928. The SMILES string of the molecule is Cc1ncsc1-c1ccc([C@H](C)NC(=O)[C@@H]2C[C@@H](O)CN2C(=O)[C@@H](NC(=O)CCCCCCN(C)C(=O)c2nc(N3CCc4cccc(C(=O)Nc5nc6ccccc6s5)c4C3)ccc2-c2cnn(CC3CCCCC3)c2C)C(C)(C)C)cc1. The van der Waals surface area contributed by atoms with Gasteiger partial charge in [0, 0.05) is 75.0 Å². The lowest BCUT2D eigenvalue weighted by molar-refractivity contribution is -0.144. The van der Waals surface area contributed by atoms with Gasteiger partial charge in [0.15, 0.2) is 5.13 Å². The summed E-state index contributed by atoms with van der Waals surface area (Å²) in [5.41, 5.74) is 10.4. The fraction of sp³-hybridized carbons (Fsp3) is 0.462. The Morgan fingerprint density at radius 3 is 2.39 bits per heavy atom. The molecule has 4 aromatic heterocycles. The maximum absolute atomic E-state index is 14.8. The minimum absolute atomic E-state index is 0.00969. The number of thiazole rings is 2. The molecule has 442 valence electrons. The number of β-amino-alcohol motifs (C(OH)–C–C–N with tert-alkyl or cyclic N) is 1. The van der Waals surface area contributed by atoms with E-state index in [-0.39, 0.29) is 49.1 Å². The number of hydrogen-bond acceptors (Lipinski definition) is 13. The second-order valence-corrected chi connectivity index (χ2v) is 26.1. The molecule has 84 heavy (non-hydrogen) atoms. The van der Waals surface area contributed by atoms with E-state index in [0.717, 1.165) is 79.2 Å². The van der Waals surface area contributed by atoms with Crippen molar-refractivity contribution in [2.45, 2.75) is 156 Å². The molecule has 4 N–H and O–H groups in total. The van der Waals surface area contributed by atoms with Gasteiger partial charge in [-0.3, -0.25) is 34.0 Å². The Morgan fingerprint density at radius 2 is 1.64 bits per heavy atom. The average Bonchev–Trinajstić information content (AvgIpc) is 2.57.